The molecule has 0 spiro atoms. The van der Waals surface area contributed by atoms with Gasteiger partial charge in [-0.25, -0.2) is 4.39 Å². The highest BCUT2D eigenvalue weighted by molar-refractivity contribution is 8.14. The molecule has 0 saturated heterocycles. The maximum Gasteiger partial charge on any atom is 0.227 e. The second-order valence-electron chi connectivity index (χ2n) is 3.32. The van der Waals surface area contributed by atoms with Gasteiger partial charge in [0.05, 0.1) is 5.56 Å². The van der Waals surface area contributed by atoms with E-state index in [4.69, 9.17) is 11.6 Å². The Labute approximate surface area is 108 Å². The van der Waals surface area contributed by atoms with Crippen molar-refractivity contribution in [3.05, 3.63) is 64.9 Å². The summed E-state index contributed by atoms with van der Waals surface area (Å²) in [4.78, 5) is 12.5. The minimum Gasteiger partial charge on any atom is -0.281 e. The van der Waals surface area contributed by atoms with Crippen LogP contribution in [-0.4, -0.2) is 5.12 Å². The molecule has 4 heteroatoms. The topological polar surface area (TPSA) is 17.1 Å². The molecule has 0 amide bonds. The summed E-state index contributed by atoms with van der Waals surface area (Å²) in [5, 5.41) is 0.290. The lowest BCUT2D eigenvalue weighted by atomic mass is 10.2. The number of hydrogen-bond acceptors (Lipinski definition) is 2. The first-order chi connectivity index (χ1) is 8.16. The average Bonchev–Trinajstić information content (AvgIpc) is 2.32. The summed E-state index contributed by atoms with van der Waals surface area (Å²) in [5.41, 5.74) is 0.0902. The average molecular weight is 267 g/mol. The lowest BCUT2D eigenvalue weighted by Crippen LogP contribution is -1.96. The summed E-state index contributed by atoms with van der Waals surface area (Å²) >= 11 is 6.72. The molecule has 0 aliphatic heterocycles. The highest BCUT2D eigenvalue weighted by atomic mass is 35.5. The van der Waals surface area contributed by atoms with Gasteiger partial charge in [-0.2, -0.15) is 0 Å². The van der Waals surface area contributed by atoms with Crippen LogP contribution in [0.1, 0.15) is 10.4 Å². The first-order valence-corrected chi connectivity index (χ1v) is 6.08. The van der Waals surface area contributed by atoms with Crippen molar-refractivity contribution in [1.82, 2.24) is 0 Å². The normalized spacial score (nSPS) is 10.2. The number of carbonyl (C=O) groups excluding carboxylic acids is 1. The molecule has 0 bridgehead atoms. The third kappa shape index (κ3) is 3.08. The first-order valence-electron chi connectivity index (χ1n) is 4.89. The van der Waals surface area contributed by atoms with E-state index in [-0.39, 0.29) is 10.7 Å². The molecule has 0 unspecified atom stereocenters. The molecule has 0 aliphatic carbocycles. The van der Waals surface area contributed by atoms with Gasteiger partial charge in [-0.3, -0.25) is 4.79 Å². The largest absolute Gasteiger partial charge is 0.281 e. The van der Waals surface area contributed by atoms with E-state index in [9.17, 15) is 9.18 Å². The summed E-state index contributed by atoms with van der Waals surface area (Å²) in [7, 11) is 0. The number of benzene rings is 2. The summed E-state index contributed by atoms with van der Waals surface area (Å²) in [6, 6.07) is 12.8. The maximum atomic E-state index is 13.4. The monoisotopic (exact) mass is 266 g/mol. The minimum absolute atomic E-state index is 0.0902. The Bertz CT molecular complexity index is 539. The smallest absolute Gasteiger partial charge is 0.227 e. The van der Waals surface area contributed by atoms with Crippen molar-refractivity contribution in [2.75, 3.05) is 0 Å². The molecule has 0 atom stereocenters. The molecule has 17 heavy (non-hydrogen) atoms. The zero-order valence-corrected chi connectivity index (χ0v) is 10.3. The Morgan fingerprint density at radius 3 is 2.35 bits per heavy atom. The predicted molar refractivity (Wildman–Crippen MR) is 68.0 cm³/mol. The molecule has 86 valence electrons. The van der Waals surface area contributed by atoms with Crippen molar-refractivity contribution in [1.29, 1.82) is 0 Å². The van der Waals surface area contributed by atoms with E-state index in [1.54, 1.807) is 36.4 Å². The van der Waals surface area contributed by atoms with Crippen LogP contribution in [0.3, 0.4) is 0 Å². The van der Waals surface area contributed by atoms with Crippen molar-refractivity contribution < 1.29 is 9.18 Å². The van der Waals surface area contributed by atoms with Crippen LogP contribution in [0.15, 0.2) is 53.4 Å². The van der Waals surface area contributed by atoms with Gasteiger partial charge in [-0.1, -0.05) is 23.7 Å². The standard InChI is InChI=1S/C13H8ClFOS/c14-9-5-7-10(8-6-9)17-13(16)11-3-1-2-4-12(11)15/h1-8H. The molecule has 2 aromatic rings. The fraction of sp³-hybridized carbons (Fsp3) is 0. The fourth-order valence-electron chi connectivity index (χ4n) is 1.29. The van der Waals surface area contributed by atoms with Gasteiger partial charge in [0, 0.05) is 9.92 Å². The van der Waals surface area contributed by atoms with Gasteiger partial charge in [0.2, 0.25) is 5.12 Å². The van der Waals surface area contributed by atoms with Gasteiger partial charge in [0.25, 0.3) is 0 Å². The van der Waals surface area contributed by atoms with Gasteiger partial charge in [-0.15, -0.1) is 0 Å². The molecule has 0 N–H and O–H groups in total. The number of thioether (sulfide) groups is 1. The Hall–Kier alpha value is -1.32. The zero-order chi connectivity index (χ0) is 12.3. The van der Waals surface area contributed by atoms with E-state index in [0.29, 0.717) is 5.02 Å². The quantitative estimate of drug-likeness (QED) is 0.749. The number of carbonyl (C=O) groups is 1. The van der Waals surface area contributed by atoms with Gasteiger partial charge in [-0.05, 0) is 48.2 Å². The molecule has 2 rings (SSSR count). The number of hydrogen-bond donors (Lipinski definition) is 0. The van der Waals surface area contributed by atoms with Crippen molar-refractivity contribution in [2.45, 2.75) is 4.90 Å². The zero-order valence-electron chi connectivity index (χ0n) is 8.69. The van der Waals surface area contributed by atoms with Crippen LogP contribution < -0.4 is 0 Å². The summed E-state index contributed by atoms with van der Waals surface area (Å²) in [6.45, 7) is 0. The van der Waals surface area contributed by atoms with Gasteiger partial charge in [0.1, 0.15) is 5.82 Å². The van der Waals surface area contributed by atoms with E-state index in [1.807, 2.05) is 0 Å². The Kier molecular flexibility index (Phi) is 3.82. The fourth-order valence-corrected chi connectivity index (χ4v) is 2.18. The highest BCUT2D eigenvalue weighted by Gasteiger charge is 2.12. The Balaban J connectivity index is 2.17. The highest BCUT2D eigenvalue weighted by Crippen LogP contribution is 2.25. The first kappa shape index (κ1) is 12.1. The molecule has 1 nitrogen and oxygen atoms in total. The van der Waals surface area contributed by atoms with Gasteiger partial charge < -0.3 is 0 Å². The lowest BCUT2D eigenvalue weighted by molar-refractivity contribution is 0.108. The molecular formula is C13H8ClFOS. The third-order valence-corrected chi connectivity index (χ3v) is 3.28. The summed E-state index contributed by atoms with van der Waals surface area (Å²) in [5.74, 6) is -0.501. The SMILES string of the molecule is O=C(Sc1ccc(Cl)cc1)c1ccccc1F. The molecule has 0 fully saturated rings. The van der Waals surface area contributed by atoms with Crippen LogP contribution in [0, 0.1) is 5.82 Å². The molecule has 0 aliphatic rings. The Morgan fingerprint density at radius 2 is 1.71 bits per heavy atom. The van der Waals surface area contributed by atoms with Crippen LogP contribution in [0.4, 0.5) is 4.39 Å². The van der Waals surface area contributed by atoms with Crippen LogP contribution in [0.25, 0.3) is 0 Å². The van der Waals surface area contributed by atoms with E-state index < -0.39 is 5.82 Å². The van der Waals surface area contributed by atoms with Gasteiger partial charge >= 0.3 is 0 Å². The maximum absolute atomic E-state index is 13.4. The number of halogens is 2. The number of rotatable bonds is 2. The van der Waals surface area contributed by atoms with Crippen LogP contribution in [0.2, 0.25) is 5.02 Å². The van der Waals surface area contributed by atoms with E-state index in [1.165, 1.54) is 12.1 Å². The summed E-state index contributed by atoms with van der Waals surface area (Å²) in [6.07, 6.45) is 0. The Morgan fingerprint density at radius 1 is 1.06 bits per heavy atom. The van der Waals surface area contributed by atoms with E-state index in [2.05, 4.69) is 0 Å². The van der Waals surface area contributed by atoms with Crippen molar-refractivity contribution >= 4 is 28.5 Å². The van der Waals surface area contributed by atoms with Crippen LogP contribution in [0.5, 0.6) is 0 Å². The molecule has 0 saturated carbocycles. The second-order valence-corrected chi connectivity index (χ2v) is 4.81. The van der Waals surface area contributed by atoms with Crippen molar-refractivity contribution in [2.24, 2.45) is 0 Å². The molecular weight excluding hydrogens is 259 g/mol. The molecule has 0 heterocycles. The van der Waals surface area contributed by atoms with Crippen LogP contribution in [-0.2, 0) is 0 Å². The van der Waals surface area contributed by atoms with Crippen molar-refractivity contribution in [3.63, 3.8) is 0 Å². The van der Waals surface area contributed by atoms with Gasteiger partial charge in [0.15, 0.2) is 0 Å². The third-order valence-electron chi connectivity index (χ3n) is 2.12. The summed E-state index contributed by atoms with van der Waals surface area (Å²) < 4.78 is 13.4. The minimum atomic E-state index is -0.501. The van der Waals surface area contributed by atoms with Crippen molar-refractivity contribution in [3.8, 4) is 0 Å². The second kappa shape index (κ2) is 5.34. The lowest BCUT2D eigenvalue weighted by Gasteiger charge is -2.02. The molecule has 0 radical (unpaired) electrons. The van der Waals surface area contributed by atoms with E-state index >= 15 is 0 Å². The molecule has 0 aromatic heterocycles. The predicted octanol–water partition coefficient (Wildman–Crippen LogP) is 4.41. The van der Waals surface area contributed by atoms with Crippen LogP contribution >= 0.6 is 23.4 Å². The molecule has 2 aromatic carbocycles. The van der Waals surface area contributed by atoms with E-state index in [0.717, 1.165) is 16.7 Å².